The van der Waals surface area contributed by atoms with E-state index in [1.165, 1.54) is 0 Å². The standard InChI is InChI=1S/C20H24N2O3S/c1-14(2)26(24,25)22-18-12-13-19(23)21-20(18)17-10-8-16(9-11-17)15-6-4-3-5-7-15/h3-11,14,18,20,22H,12-13H2,1-2H3,(H,21,23). The molecular formula is C20H24N2O3S. The smallest absolute Gasteiger partial charge is 0.220 e. The van der Waals surface area contributed by atoms with Crippen LogP contribution in [-0.2, 0) is 14.8 Å². The number of hydrogen-bond acceptors (Lipinski definition) is 3. The molecule has 5 nitrogen and oxygen atoms in total. The summed E-state index contributed by atoms with van der Waals surface area (Å²) in [6, 6.07) is 17.2. The molecule has 0 bridgehead atoms. The topological polar surface area (TPSA) is 75.3 Å². The summed E-state index contributed by atoms with van der Waals surface area (Å²) >= 11 is 0. The lowest BCUT2D eigenvalue weighted by atomic mass is 9.91. The van der Waals surface area contributed by atoms with E-state index < -0.39 is 15.3 Å². The van der Waals surface area contributed by atoms with Crippen molar-refractivity contribution in [2.75, 3.05) is 0 Å². The molecule has 0 aromatic heterocycles. The molecule has 0 spiro atoms. The van der Waals surface area contributed by atoms with E-state index in [1.54, 1.807) is 13.8 Å². The van der Waals surface area contributed by atoms with Crippen LogP contribution >= 0.6 is 0 Å². The zero-order valence-electron chi connectivity index (χ0n) is 15.0. The largest absolute Gasteiger partial charge is 0.348 e. The molecule has 6 heteroatoms. The van der Waals surface area contributed by atoms with Gasteiger partial charge in [-0.15, -0.1) is 0 Å². The highest BCUT2D eigenvalue weighted by molar-refractivity contribution is 7.90. The first-order valence-electron chi connectivity index (χ1n) is 8.83. The van der Waals surface area contributed by atoms with Crippen molar-refractivity contribution in [3.05, 3.63) is 60.2 Å². The van der Waals surface area contributed by atoms with Crippen LogP contribution in [0.1, 0.15) is 38.3 Å². The second kappa shape index (κ2) is 7.60. The van der Waals surface area contributed by atoms with Gasteiger partial charge >= 0.3 is 0 Å². The van der Waals surface area contributed by atoms with Crippen molar-refractivity contribution >= 4 is 15.9 Å². The summed E-state index contributed by atoms with van der Waals surface area (Å²) in [5.74, 6) is -0.0536. The minimum Gasteiger partial charge on any atom is -0.348 e. The molecule has 0 saturated carbocycles. The fourth-order valence-electron chi connectivity index (χ4n) is 3.10. The van der Waals surface area contributed by atoms with Crippen molar-refractivity contribution in [3.8, 4) is 11.1 Å². The summed E-state index contributed by atoms with van der Waals surface area (Å²) in [6.07, 6.45) is 0.812. The monoisotopic (exact) mass is 372 g/mol. The van der Waals surface area contributed by atoms with Gasteiger partial charge in [0, 0.05) is 12.5 Å². The number of rotatable bonds is 5. The van der Waals surface area contributed by atoms with Crippen molar-refractivity contribution < 1.29 is 13.2 Å². The summed E-state index contributed by atoms with van der Waals surface area (Å²) in [5, 5.41) is 2.42. The number of amides is 1. The number of piperidine rings is 1. The van der Waals surface area contributed by atoms with Crippen LogP contribution < -0.4 is 10.0 Å². The average Bonchev–Trinajstić information content (AvgIpc) is 2.64. The molecule has 138 valence electrons. The molecule has 2 aromatic rings. The Labute approximate surface area is 154 Å². The first kappa shape index (κ1) is 18.6. The van der Waals surface area contributed by atoms with E-state index in [1.807, 2.05) is 54.6 Å². The van der Waals surface area contributed by atoms with Gasteiger partial charge in [-0.1, -0.05) is 54.6 Å². The second-order valence-corrected chi connectivity index (χ2v) is 9.16. The molecule has 1 amide bonds. The lowest BCUT2D eigenvalue weighted by molar-refractivity contribution is -0.123. The molecule has 1 heterocycles. The molecule has 26 heavy (non-hydrogen) atoms. The SMILES string of the molecule is CC(C)S(=O)(=O)NC1CCC(=O)NC1c1ccc(-c2ccccc2)cc1. The molecular weight excluding hydrogens is 348 g/mol. The van der Waals surface area contributed by atoms with Gasteiger partial charge in [-0.2, -0.15) is 0 Å². The van der Waals surface area contributed by atoms with E-state index >= 15 is 0 Å². The van der Waals surface area contributed by atoms with Crippen LogP contribution in [0.25, 0.3) is 11.1 Å². The van der Waals surface area contributed by atoms with Crippen LogP contribution in [0, 0.1) is 0 Å². The third kappa shape index (κ3) is 4.14. The van der Waals surface area contributed by atoms with Crippen LogP contribution in [0.4, 0.5) is 0 Å². The average molecular weight is 372 g/mol. The maximum Gasteiger partial charge on any atom is 0.220 e. The van der Waals surface area contributed by atoms with Gasteiger partial charge < -0.3 is 5.32 Å². The van der Waals surface area contributed by atoms with E-state index in [-0.39, 0.29) is 18.0 Å². The van der Waals surface area contributed by atoms with Crippen molar-refractivity contribution in [1.82, 2.24) is 10.0 Å². The van der Waals surface area contributed by atoms with Gasteiger partial charge in [-0.05, 0) is 37.0 Å². The highest BCUT2D eigenvalue weighted by atomic mass is 32.2. The zero-order valence-corrected chi connectivity index (χ0v) is 15.8. The van der Waals surface area contributed by atoms with Crippen LogP contribution in [0.2, 0.25) is 0 Å². The fourth-order valence-corrected chi connectivity index (χ4v) is 4.05. The first-order chi connectivity index (χ1) is 12.4. The quantitative estimate of drug-likeness (QED) is 0.847. The van der Waals surface area contributed by atoms with Crippen LogP contribution in [0.5, 0.6) is 0 Å². The molecule has 1 aliphatic rings. The van der Waals surface area contributed by atoms with Gasteiger partial charge in [-0.3, -0.25) is 4.79 Å². The Hall–Kier alpha value is -2.18. The number of sulfonamides is 1. The van der Waals surface area contributed by atoms with Crippen LogP contribution in [0.3, 0.4) is 0 Å². The number of carbonyl (C=O) groups is 1. The van der Waals surface area contributed by atoms with E-state index in [4.69, 9.17) is 0 Å². The highest BCUT2D eigenvalue weighted by Gasteiger charge is 2.33. The van der Waals surface area contributed by atoms with Crippen LogP contribution in [0.15, 0.2) is 54.6 Å². The minimum absolute atomic E-state index is 0.0536. The van der Waals surface area contributed by atoms with E-state index in [0.717, 1.165) is 16.7 Å². The summed E-state index contributed by atoms with van der Waals surface area (Å²) in [5.41, 5.74) is 3.09. The molecule has 3 rings (SSSR count). The maximum atomic E-state index is 12.3. The Balaban J connectivity index is 1.85. The summed E-state index contributed by atoms with van der Waals surface area (Å²) in [7, 11) is -3.41. The zero-order chi connectivity index (χ0) is 18.7. The number of benzene rings is 2. The Kier molecular flexibility index (Phi) is 5.44. The number of carbonyl (C=O) groups excluding carboxylic acids is 1. The first-order valence-corrected chi connectivity index (χ1v) is 10.4. The molecule has 2 atom stereocenters. The van der Waals surface area contributed by atoms with Crippen molar-refractivity contribution in [2.45, 2.75) is 44.0 Å². The number of hydrogen-bond donors (Lipinski definition) is 2. The van der Waals surface area contributed by atoms with Crippen molar-refractivity contribution in [2.24, 2.45) is 0 Å². The summed E-state index contributed by atoms with van der Waals surface area (Å²) in [6.45, 7) is 3.29. The predicted molar refractivity (Wildman–Crippen MR) is 103 cm³/mol. The normalized spacial score (nSPS) is 20.8. The molecule has 0 radical (unpaired) electrons. The fraction of sp³-hybridized carbons (Fsp3) is 0.350. The Morgan fingerprint density at radius 1 is 1.00 bits per heavy atom. The summed E-state index contributed by atoms with van der Waals surface area (Å²) in [4.78, 5) is 11.9. The van der Waals surface area contributed by atoms with E-state index in [2.05, 4.69) is 10.0 Å². The maximum absolute atomic E-state index is 12.3. The molecule has 2 aromatic carbocycles. The van der Waals surface area contributed by atoms with E-state index in [9.17, 15) is 13.2 Å². The Morgan fingerprint density at radius 2 is 1.62 bits per heavy atom. The minimum atomic E-state index is -3.41. The van der Waals surface area contributed by atoms with E-state index in [0.29, 0.717) is 12.8 Å². The van der Waals surface area contributed by atoms with Crippen molar-refractivity contribution in [1.29, 1.82) is 0 Å². The predicted octanol–water partition coefficient (Wildman–Crippen LogP) is 3.00. The van der Waals surface area contributed by atoms with Gasteiger partial charge in [0.05, 0.1) is 11.3 Å². The number of nitrogens with one attached hydrogen (secondary N) is 2. The Bertz CT molecular complexity index is 862. The molecule has 2 unspecified atom stereocenters. The third-order valence-corrected chi connectivity index (χ3v) is 6.59. The molecule has 1 fully saturated rings. The lowest BCUT2D eigenvalue weighted by Gasteiger charge is -2.33. The van der Waals surface area contributed by atoms with Crippen LogP contribution in [-0.4, -0.2) is 25.6 Å². The summed E-state index contributed by atoms with van der Waals surface area (Å²) < 4.78 is 27.3. The van der Waals surface area contributed by atoms with Crippen molar-refractivity contribution in [3.63, 3.8) is 0 Å². The third-order valence-electron chi connectivity index (χ3n) is 4.71. The molecule has 0 aliphatic carbocycles. The molecule has 2 N–H and O–H groups in total. The van der Waals surface area contributed by atoms with Gasteiger partial charge in [0.25, 0.3) is 0 Å². The van der Waals surface area contributed by atoms with Gasteiger partial charge in [-0.25, -0.2) is 13.1 Å². The van der Waals surface area contributed by atoms with Gasteiger partial charge in [0.15, 0.2) is 0 Å². The molecule has 1 aliphatic heterocycles. The Morgan fingerprint density at radius 3 is 2.23 bits per heavy atom. The van der Waals surface area contributed by atoms with Gasteiger partial charge in [0.1, 0.15) is 0 Å². The highest BCUT2D eigenvalue weighted by Crippen LogP contribution is 2.27. The second-order valence-electron chi connectivity index (χ2n) is 6.89. The molecule has 1 saturated heterocycles. The lowest BCUT2D eigenvalue weighted by Crippen LogP contribution is -2.51. The van der Waals surface area contributed by atoms with Gasteiger partial charge in [0.2, 0.25) is 15.9 Å².